The Morgan fingerprint density at radius 3 is 2.85 bits per heavy atom. The van der Waals surface area contributed by atoms with E-state index in [9.17, 15) is 0 Å². The average Bonchev–Trinajstić information content (AvgIpc) is 2.71. The maximum absolute atomic E-state index is 5.50. The van der Waals surface area contributed by atoms with Crippen molar-refractivity contribution >= 4 is 0 Å². The van der Waals surface area contributed by atoms with Crippen LogP contribution in [0.15, 0.2) is 18.5 Å². The molecule has 0 aliphatic carbocycles. The maximum atomic E-state index is 5.50. The highest BCUT2D eigenvalue weighted by atomic mass is 16.7. The van der Waals surface area contributed by atoms with E-state index in [1.54, 1.807) is 12.4 Å². The lowest BCUT2D eigenvalue weighted by Crippen LogP contribution is -2.02. The van der Waals surface area contributed by atoms with Gasteiger partial charge in [0.15, 0.2) is 6.29 Å². The third kappa shape index (κ3) is 1.85. The summed E-state index contributed by atoms with van der Waals surface area (Å²) in [6, 6.07) is 1.96. The molecule has 1 fully saturated rings. The van der Waals surface area contributed by atoms with E-state index in [0.29, 0.717) is 19.8 Å². The van der Waals surface area contributed by atoms with Crippen LogP contribution in [-0.2, 0) is 16.0 Å². The predicted molar refractivity (Wildman–Crippen MR) is 46.8 cm³/mol. The molecule has 2 N–H and O–H groups in total. The zero-order valence-corrected chi connectivity index (χ0v) is 7.27. The molecule has 2 rings (SSSR count). The first-order valence-electron chi connectivity index (χ1n) is 4.27. The molecule has 1 saturated heterocycles. The van der Waals surface area contributed by atoms with Crippen molar-refractivity contribution in [2.24, 2.45) is 5.73 Å². The summed E-state index contributed by atoms with van der Waals surface area (Å²) in [7, 11) is 0. The molecule has 4 heteroatoms. The Bertz CT molecular complexity index is 285. The Hall–Kier alpha value is -0.970. The van der Waals surface area contributed by atoms with Gasteiger partial charge in [-0.1, -0.05) is 0 Å². The molecule has 1 aliphatic rings. The molecule has 0 amide bonds. The summed E-state index contributed by atoms with van der Waals surface area (Å²) in [6.07, 6.45) is 3.24. The van der Waals surface area contributed by atoms with Gasteiger partial charge in [0, 0.05) is 24.5 Å². The molecule has 1 aromatic rings. The molecule has 0 spiro atoms. The fraction of sp³-hybridized carbons (Fsp3) is 0.444. The Morgan fingerprint density at radius 2 is 2.15 bits per heavy atom. The van der Waals surface area contributed by atoms with Gasteiger partial charge in [-0.25, -0.2) is 0 Å². The van der Waals surface area contributed by atoms with Gasteiger partial charge in [0.25, 0.3) is 0 Å². The van der Waals surface area contributed by atoms with Gasteiger partial charge in [0.05, 0.1) is 13.2 Å². The third-order valence-corrected chi connectivity index (χ3v) is 1.95. The molecular weight excluding hydrogens is 168 g/mol. The van der Waals surface area contributed by atoms with Crippen LogP contribution >= 0.6 is 0 Å². The van der Waals surface area contributed by atoms with Gasteiger partial charge in [-0.05, 0) is 11.6 Å². The van der Waals surface area contributed by atoms with Crippen LogP contribution < -0.4 is 5.73 Å². The number of nitrogens with two attached hydrogens (primary N) is 1. The lowest BCUT2D eigenvalue weighted by atomic mass is 10.2. The minimum atomic E-state index is -0.251. The van der Waals surface area contributed by atoms with Gasteiger partial charge in [-0.2, -0.15) is 0 Å². The van der Waals surface area contributed by atoms with Gasteiger partial charge in [0.2, 0.25) is 0 Å². The topological polar surface area (TPSA) is 57.4 Å². The quantitative estimate of drug-likeness (QED) is 0.723. The first-order valence-corrected chi connectivity index (χ1v) is 4.27. The van der Waals surface area contributed by atoms with Crippen molar-refractivity contribution in [3.8, 4) is 0 Å². The molecule has 0 radical (unpaired) electrons. The zero-order valence-electron chi connectivity index (χ0n) is 7.27. The van der Waals surface area contributed by atoms with Crippen LogP contribution in [0.1, 0.15) is 17.4 Å². The van der Waals surface area contributed by atoms with Crippen molar-refractivity contribution < 1.29 is 9.47 Å². The first kappa shape index (κ1) is 8.62. The monoisotopic (exact) mass is 180 g/mol. The Balaban J connectivity index is 2.18. The number of rotatable bonds is 2. The summed E-state index contributed by atoms with van der Waals surface area (Å²) in [6.45, 7) is 1.79. The van der Waals surface area contributed by atoms with Gasteiger partial charge < -0.3 is 15.2 Å². The number of nitrogens with zero attached hydrogens (tertiary/aromatic N) is 1. The maximum Gasteiger partial charge on any atom is 0.185 e. The highest BCUT2D eigenvalue weighted by molar-refractivity contribution is 5.19. The van der Waals surface area contributed by atoms with Crippen LogP contribution in [0.3, 0.4) is 0 Å². The van der Waals surface area contributed by atoms with E-state index in [-0.39, 0.29) is 6.29 Å². The number of pyridine rings is 1. The largest absolute Gasteiger partial charge is 0.346 e. The van der Waals surface area contributed by atoms with Crippen LogP contribution in [0.25, 0.3) is 0 Å². The fourth-order valence-electron chi connectivity index (χ4n) is 1.30. The van der Waals surface area contributed by atoms with Crippen molar-refractivity contribution in [1.29, 1.82) is 0 Å². The molecule has 0 saturated carbocycles. The molecule has 0 unspecified atom stereocenters. The molecule has 1 aromatic heterocycles. The minimum absolute atomic E-state index is 0.251. The summed E-state index contributed by atoms with van der Waals surface area (Å²) in [4.78, 5) is 4.06. The van der Waals surface area contributed by atoms with E-state index < -0.39 is 0 Å². The zero-order chi connectivity index (χ0) is 9.10. The van der Waals surface area contributed by atoms with E-state index in [1.165, 1.54) is 0 Å². The smallest absolute Gasteiger partial charge is 0.185 e. The van der Waals surface area contributed by atoms with Gasteiger partial charge in [-0.15, -0.1) is 0 Å². The Kier molecular flexibility index (Phi) is 2.54. The summed E-state index contributed by atoms with van der Waals surface area (Å²) < 4.78 is 10.7. The highest BCUT2D eigenvalue weighted by Gasteiger charge is 2.18. The summed E-state index contributed by atoms with van der Waals surface area (Å²) in [5, 5.41) is 0. The van der Waals surface area contributed by atoms with Crippen molar-refractivity contribution in [2.75, 3.05) is 13.2 Å². The first-order chi connectivity index (χ1) is 6.40. The van der Waals surface area contributed by atoms with E-state index in [2.05, 4.69) is 4.98 Å². The summed E-state index contributed by atoms with van der Waals surface area (Å²) in [5.41, 5.74) is 7.44. The molecule has 70 valence electrons. The van der Waals surface area contributed by atoms with Gasteiger partial charge >= 0.3 is 0 Å². The molecule has 0 atom stereocenters. The molecule has 0 aromatic carbocycles. The van der Waals surface area contributed by atoms with Gasteiger partial charge in [0.1, 0.15) is 0 Å². The molecule has 4 nitrogen and oxygen atoms in total. The minimum Gasteiger partial charge on any atom is -0.346 e. The number of ether oxygens (including phenoxy) is 2. The normalized spacial score (nSPS) is 17.9. The lowest BCUT2D eigenvalue weighted by molar-refractivity contribution is -0.0443. The van der Waals surface area contributed by atoms with Crippen molar-refractivity contribution in [1.82, 2.24) is 4.98 Å². The Morgan fingerprint density at radius 1 is 1.38 bits per heavy atom. The summed E-state index contributed by atoms with van der Waals surface area (Å²) >= 11 is 0. The fourth-order valence-corrected chi connectivity index (χ4v) is 1.30. The van der Waals surface area contributed by atoms with E-state index >= 15 is 0 Å². The summed E-state index contributed by atoms with van der Waals surface area (Å²) in [5.74, 6) is 0. The average molecular weight is 180 g/mol. The molecular formula is C9H12N2O2. The van der Waals surface area contributed by atoms with E-state index in [0.717, 1.165) is 11.1 Å². The molecule has 0 bridgehead atoms. The standard InChI is InChI=1S/C9H12N2O2/c10-4-7-3-8(6-11-5-7)9-12-1-2-13-9/h3,5-6,9H,1-2,4,10H2. The number of aromatic nitrogens is 1. The van der Waals surface area contributed by atoms with Gasteiger partial charge in [-0.3, -0.25) is 4.98 Å². The van der Waals surface area contributed by atoms with Crippen molar-refractivity contribution in [3.05, 3.63) is 29.6 Å². The SMILES string of the molecule is NCc1cncc(C2OCCO2)c1. The van der Waals surface area contributed by atoms with Crippen LogP contribution in [0.2, 0.25) is 0 Å². The molecule has 2 heterocycles. The lowest BCUT2D eigenvalue weighted by Gasteiger charge is -2.09. The second-order valence-corrected chi connectivity index (χ2v) is 2.90. The van der Waals surface area contributed by atoms with Crippen LogP contribution in [-0.4, -0.2) is 18.2 Å². The third-order valence-electron chi connectivity index (χ3n) is 1.95. The molecule has 13 heavy (non-hydrogen) atoms. The van der Waals surface area contributed by atoms with E-state index in [4.69, 9.17) is 15.2 Å². The number of hydrogen-bond donors (Lipinski definition) is 1. The van der Waals surface area contributed by atoms with Crippen LogP contribution in [0, 0.1) is 0 Å². The highest BCUT2D eigenvalue weighted by Crippen LogP contribution is 2.22. The second-order valence-electron chi connectivity index (χ2n) is 2.90. The Labute approximate surface area is 76.7 Å². The predicted octanol–water partition coefficient (Wildman–Crippen LogP) is 0.586. The molecule has 1 aliphatic heterocycles. The van der Waals surface area contributed by atoms with E-state index in [1.807, 2.05) is 6.07 Å². The van der Waals surface area contributed by atoms with Crippen molar-refractivity contribution in [2.45, 2.75) is 12.8 Å². The second kappa shape index (κ2) is 3.83. The van der Waals surface area contributed by atoms with Crippen LogP contribution in [0.5, 0.6) is 0 Å². The number of hydrogen-bond acceptors (Lipinski definition) is 4. The van der Waals surface area contributed by atoms with Crippen LogP contribution in [0.4, 0.5) is 0 Å². The van der Waals surface area contributed by atoms with Crippen molar-refractivity contribution in [3.63, 3.8) is 0 Å².